The highest BCUT2D eigenvalue weighted by Gasteiger charge is 2.52. The van der Waals surface area contributed by atoms with Gasteiger partial charge in [0.25, 0.3) is 11.8 Å². The first kappa shape index (κ1) is 19.9. The van der Waals surface area contributed by atoms with E-state index < -0.39 is 23.4 Å². The number of ether oxygens (including phenoxy) is 1. The summed E-state index contributed by atoms with van der Waals surface area (Å²) < 4.78 is 10.4. The summed E-state index contributed by atoms with van der Waals surface area (Å²) in [5.74, 6) is 0.945. The molecule has 2 fully saturated rings. The van der Waals surface area contributed by atoms with Crippen LogP contribution in [-0.4, -0.2) is 38.5 Å². The van der Waals surface area contributed by atoms with Crippen LogP contribution in [0.4, 0.5) is 4.79 Å². The largest absolute Gasteiger partial charge is 0.485 e. The Morgan fingerprint density at radius 1 is 1.30 bits per heavy atom. The van der Waals surface area contributed by atoms with E-state index in [4.69, 9.17) is 9.26 Å². The molecule has 2 aliphatic rings. The molecule has 2 heterocycles. The van der Waals surface area contributed by atoms with E-state index in [1.165, 1.54) is 0 Å². The molecule has 10 nitrogen and oxygen atoms in total. The molecule has 0 atom stereocenters. The maximum atomic E-state index is 12.8. The van der Waals surface area contributed by atoms with Crippen LogP contribution >= 0.6 is 0 Å². The van der Waals surface area contributed by atoms with Crippen LogP contribution in [0.2, 0.25) is 0 Å². The summed E-state index contributed by atoms with van der Waals surface area (Å²) in [7, 11) is 0. The van der Waals surface area contributed by atoms with Crippen LogP contribution in [0.15, 0.2) is 28.8 Å². The van der Waals surface area contributed by atoms with E-state index in [0.717, 1.165) is 17.9 Å². The number of carbonyl (C=O) groups excluding carboxylic acids is 3. The summed E-state index contributed by atoms with van der Waals surface area (Å²) in [6, 6.07) is 5.71. The second-order valence-electron chi connectivity index (χ2n) is 7.82. The topological polar surface area (TPSA) is 127 Å². The monoisotopic (exact) mass is 413 g/mol. The Morgan fingerprint density at radius 2 is 2.00 bits per heavy atom. The summed E-state index contributed by atoms with van der Waals surface area (Å²) in [5, 5.41) is 7.30. The quantitative estimate of drug-likeness (QED) is 0.719. The molecule has 2 aromatic rings. The number of hydrogen-bond acceptors (Lipinski definition) is 7. The number of carbonyl (C=O) groups is 3. The molecule has 30 heavy (non-hydrogen) atoms. The average molecular weight is 413 g/mol. The standard InChI is InChI=1S/C20H23N5O5/c1-12-7-9-20(10-8-12)18(27)25(19(28)22-20)23-17(26)14-3-5-15(6-4-14)29-11-16-21-13(2)30-24-16/h3-6,12H,7-11H2,1-2H3,(H,22,28)(H,23,26). The van der Waals surface area contributed by atoms with E-state index in [1.54, 1.807) is 31.2 Å². The van der Waals surface area contributed by atoms with Gasteiger partial charge >= 0.3 is 6.03 Å². The van der Waals surface area contributed by atoms with Crippen LogP contribution in [0.3, 0.4) is 0 Å². The highest BCUT2D eigenvalue weighted by Crippen LogP contribution is 2.35. The molecule has 0 radical (unpaired) electrons. The highest BCUT2D eigenvalue weighted by molar-refractivity contribution is 6.09. The van der Waals surface area contributed by atoms with E-state index in [1.807, 2.05) is 0 Å². The van der Waals surface area contributed by atoms with Crippen LogP contribution in [0, 0.1) is 12.8 Å². The Morgan fingerprint density at radius 3 is 2.63 bits per heavy atom. The van der Waals surface area contributed by atoms with Gasteiger partial charge in [0.15, 0.2) is 6.61 Å². The molecule has 1 aliphatic carbocycles. The first-order chi connectivity index (χ1) is 14.4. The second-order valence-corrected chi connectivity index (χ2v) is 7.82. The molecule has 1 saturated heterocycles. The van der Waals surface area contributed by atoms with Crippen molar-refractivity contribution >= 4 is 17.8 Å². The van der Waals surface area contributed by atoms with Crippen molar-refractivity contribution in [3.8, 4) is 5.75 Å². The van der Waals surface area contributed by atoms with Gasteiger partial charge in [0.05, 0.1) is 0 Å². The molecule has 2 N–H and O–H groups in total. The lowest BCUT2D eigenvalue weighted by Gasteiger charge is -2.33. The number of nitrogens with zero attached hydrogens (tertiary/aromatic N) is 3. The molecule has 1 aromatic heterocycles. The fraction of sp³-hybridized carbons (Fsp3) is 0.450. The Balaban J connectivity index is 1.36. The van der Waals surface area contributed by atoms with Crippen molar-refractivity contribution in [2.45, 2.75) is 51.7 Å². The van der Waals surface area contributed by atoms with Crippen LogP contribution in [0.25, 0.3) is 0 Å². The van der Waals surface area contributed by atoms with Crippen LogP contribution in [0.5, 0.6) is 5.75 Å². The van der Waals surface area contributed by atoms with Gasteiger partial charge < -0.3 is 14.6 Å². The normalized spacial score (nSPS) is 23.5. The number of aromatic nitrogens is 2. The van der Waals surface area contributed by atoms with Gasteiger partial charge in [0.2, 0.25) is 11.7 Å². The maximum absolute atomic E-state index is 12.8. The number of benzene rings is 1. The molecular formula is C20H23N5O5. The zero-order valence-corrected chi connectivity index (χ0v) is 16.8. The molecule has 10 heteroatoms. The van der Waals surface area contributed by atoms with Gasteiger partial charge in [0, 0.05) is 12.5 Å². The van der Waals surface area contributed by atoms with Crippen LogP contribution in [0.1, 0.15) is 54.7 Å². The molecule has 1 saturated carbocycles. The van der Waals surface area contributed by atoms with Crippen molar-refractivity contribution in [1.82, 2.24) is 25.9 Å². The van der Waals surface area contributed by atoms with Gasteiger partial charge in [-0.05, 0) is 55.9 Å². The third-order valence-corrected chi connectivity index (χ3v) is 5.56. The summed E-state index contributed by atoms with van der Waals surface area (Å²) in [4.78, 5) is 41.7. The zero-order valence-electron chi connectivity index (χ0n) is 16.8. The van der Waals surface area contributed by atoms with E-state index in [9.17, 15) is 14.4 Å². The predicted molar refractivity (Wildman–Crippen MR) is 103 cm³/mol. The lowest BCUT2D eigenvalue weighted by Crippen LogP contribution is -2.51. The molecule has 1 aromatic carbocycles. The summed E-state index contributed by atoms with van der Waals surface area (Å²) in [6.07, 6.45) is 2.88. The first-order valence-electron chi connectivity index (χ1n) is 9.86. The van der Waals surface area contributed by atoms with Crippen molar-refractivity contribution in [1.29, 1.82) is 0 Å². The van der Waals surface area contributed by atoms with Gasteiger partial charge in [-0.25, -0.2) is 4.79 Å². The first-order valence-corrected chi connectivity index (χ1v) is 9.86. The Labute approximate surface area is 172 Å². The Hall–Kier alpha value is -3.43. The van der Waals surface area contributed by atoms with Crippen molar-refractivity contribution in [2.75, 3.05) is 0 Å². The molecule has 0 bridgehead atoms. The highest BCUT2D eigenvalue weighted by atomic mass is 16.5. The molecule has 4 rings (SSSR count). The van der Waals surface area contributed by atoms with Crippen LogP contribution < -0.4 is 15.5 Å². The SMILES string of the molecule is Cc1nc(COc2ccc(C(=O)NN3C(=O)NC4(CCC(C)CC4)C3=O)cc2)no1. The lowest BCUT2D eigenvalue weighted by molar-refractivity contribution is -0.134. The lowest BCUT2D eigenvalue weighted by atomic mass is 9.77. The number of amides is 4. The minimum Gasteiger partial charge on any atom is -0.485 e. The Kier molecular flexibility index (Phi) is 5.15. The maximum Gasteiger partial charge on any atom is 0.344 e. The van der Waals surface area contributed by atoms with Gasteiger partial charge in [-0.15, -0.1) is 0 Å². The zero-order chi connectivity index (χ0) is 21.3. The summed E-state index contributed by atoms with van der Waals surface area (Å²) >= 11 is 0. The molecule has 1 aliphatic heterocycles. The van der Waals surface area contributed by atoms with Crippen molar-refractivity contribution in [3.05, 3.63) is 41.5 Å². The van der Waals surface area contributed by atoms with E-state index in [-0.39, 0.29) is 12.2 Å². The van der Waals surface area contributed by atoms with Crippen LogP contribution in [-0.2, 0) is 11.4 Å². The van der Waals surface area contributed by atoms with Gasteiger partial charge in [-0.2, -0.15) is 9.99 Å². The molecule has 4 amide bonds. The van der Waals surface area contributed by atoms with Crippen molar-refractivity contribution in [2.24, 2.45) is 5.92 Å². The minimum atomic E-state index is -0.901. The third kappa shape index (κ3) is 3.85. The van der Waals surface area contributed by atoms with Crippen molar-refractivity contribution in [3.63, 3.8) is 0 Å². The molecule has 158 valence electrons. The van der Waals surface area contributed by atoms with Gasteiger partial charge in [-0.3, -0.25) is 15.0 Å². The Bertz CT molecular complexity index is 962. The smallest absolute Gasteiger partial charge is 0.344 e. The van der Waals surface area contributed by atoms with E-state index in [0.29, 0.717) is 36.2 Å². The van der Waals surface area contributed by atoms with Gasteiger partial charge in [-0.1, -0.05) is 12.1 Å². The summed E-state index contributed by atoms with van der Waals surface area (Å²) in [5.41, 5.74) is 1.80. The second kappa shape index (κ2) is 7.77. The number of imide groups is 1. The number of rotatable bonds is 5. The number of nitrogens with one attached hydrogen (secondary N) is 2. The average Bonchev–Trinajstić information content (AvgIpc) is 3.25. The number of hydrazine groups is 1. The third-order valence-electron chi connectivity index (χ3n) is 5.56. The molecule has 1 spiro atoms. The number of aryl methyl sites for hydroxylation is 1. The van der Waals surface area contributed by atoms with E-state index >= 15 is 0 Å². The van der Waals surface area contributed by atoms with E-state index in [2.05, 4.69) is 27.8 Å². The fourth-order valence-corrected chi connectivity index (χ4v) is 3.73. The minimum absolute atomic E-state index is 0.131. The summed E-state index contributed by atoms with van der Waals surface area (Å²) in [6.45, 7) is 3.95. The number of hydrogen-bond donors (Lipinski definition) is 2. The molecular weight excluding hydrogens is 390 g/mol. The fourth-order valence-electron chi connectivity index (χ4n) is 3.73. The number of urea groups is 1. The van der Waals surface area contributed by atoms with Gasteiger partial charge in [0.1, 0.15) is 11.3 Å². The van der Waals surface area contributed by atoms with Crippen molar-refractivity contribution < 1.29 is 23.6 Å². The molecule has 0 unspecified atom stereocenters. The predicted octanol–water partition coefficient (Wildman–Crippen LogP) is 2.10.